The Kier molecular flexibility index (Phi) is 4.93. The molecule has 1 heterocycles. The van der Waals surface area contributed by atoms with Gasteiger partial charge in [0.2, 0.25) is 0 Å². The van der Waals surface area contributed by atoms with E-state index in [0.29, 0.717) is 13.2 Å². The number of hydrogen-bond acceptors (Lipinski definition) is 3. The zero-order valence-electron chi connectivity index (χ0n) is 12.5. The first kappa shape index (κ1) is 14.8. The highest BCUT2D eigenvalue weighted by atomic mass is 16.5. The third kappa shape index (κ3) is 4.47. The Hall–Kier alpha value is -1.65. The zero-order chi connectivity index (χ0) is 14.4. The van der Waals surface area contributed by atoms with E-state index in [9.17, 15) is 0 Å². The van der Waals surface area contributed by atoms with Crippen LogP contribution < -0.4 is 5.32 Å². The van der Waals surface area contributed by atoms with Crippen LogP contribution in [0.1, 0.15) is 25.2 Å². The molecule has 1 aromatic carbocycles. The molecule has 0 amide bonds. The molecule has 0 aliphatic heterocycles. The second-order valence-electron chi connectivity index (χ2n) is 5.67. The van der Waals surface area contributed by atoms with Crippen molar-refractivity contribution in [2.75, 3.05) is 6.61 Å². The van der Waals surface area contributed by atoms with Gasteiger partial charge in [-0.15, -0.1) is 0 Å². The van der Waals surface area contributed by atoms with E-state index < -0.39 is 0 Å². The molecule has 0 saturated carbocycles. The molecule has 2 rings (SSSR count). The molecule has 0 aliphatic carbocycles. The van der Waals surface area contributed by atoms with Crippen molar-refractivity contribution in [2.45, 2.75) is 32.5 Å². The van der Waals surface area contributed by atoms with Crippen LogP contribution in [-0.2, 0) is 24.9 Å². The van der Waals surface area contributed by atoms with Crippen molar-refractivity contribution in [3.63, 3.8) is 0 Å². The molecule has 4 heteroatoms. The van der Waals surface area contributed by atoms with Crippen LogP contribution in [0.3, 0.4) is 0 Å². The molecule has 0 unspecified atom stereocenters. The summed E-state index contributed by atoms with van der Waals surface area (Å²) in [5.41, 5.74) is 1.12. The summed E-state index contributed by atoms with van der Waals surface area (Å²) in [7, 11) is 2.00. The maximum absolute atomic E-state index is 5.79. The lowest BCUT2D eigenvalue weighted by atomic mass is 10.1. The zero-order valence-corrected chi connectivity index (χ0v) is 12.5. The number of nitrogens with one attached hydrogen (secondary N) is 1. The molecule has 0 aliphatic rings. The first-order chi connectivity index (χ1) is 9.57. The van der Waals surface area contributed by atoms with E-state index in [0.717, 1.165) is 12.4 Å². The highest BCUT2D eigenvalue weighted by Crippen LogP contribution is 2.08. The molecule has 1 N–H and O–H groups in total. The number of nitrogens with zero attached hydrogens (tertiary/aromatic N) is 2. The Labute approximate surface area is 120 Å². The Morgan fingerprint density at radius 3 is 2.65 bits per heavy atom. The molecule has 0 bridgehead atoms. The van der Waals surface area contributed by atoms with Gasteiger partial charge in [-0.25, -0.2) is 4.98 Å². The van der Waals surface area contributed by atoms with Gasteiger partial charge >= 0.3 is 0 Å². The van der Waals surface area contributed by atoms with E-state index in [-0.39, 0.29) is 5.54 Å². The predicted molar refractivity (Wildman–Crippen MR) is 80.2 cm³/mol. The van der Waals surface area contributed by atoms with Crippen LogP contribution in [0.15, 0.2) is 42.7 Å². The molecule has 1 aromatic heterocycles. The monoisotopic (exact) mass is 273 g/mol. The van der Waals surface area contributed by atoms with Gasteiger partial charge in [-0.05, 0) is 19.4 Å². The topological polar surface area (TPSA) is 39.1 Å². The summed E-state index contributed by atoms with van der Waals surface area (Å²) < 4.78 is 7.82. The minimum atomic E-state index is -0.0826. The van der Waals surface area contributed by atoms with E-state index in [2.05, 4.69) is 36.3 Å². The molecule has 0 saturated heterocycles. The van der Waals surface area contributed by atoms with Crippen LogP contribution in [0.5, 0.6) is 0 Å². The van der Waals surface area contributed by atoms with Crippen molar-refractivity contribution in [2.24, 2.45) is 7.05 Å². The fourth-order valence-corrected chi connectivity index (χ4v) is 1.93. The van der Waals surface area contributed by atoms with Gasteiger partial charge in [0.25, 0.3) is 0 Å². The number of imidazole rings is 1. The number of rotatable bonds is 7. The summed E-state index contributed by atoms with van der Waals surface area (Å²) in [5, 5.41) is 3.48. The van der Waals surface area contributed by atoms with Gasteiger partial charge in [0.15, 0.2) is 0 Å². The van der Waals surface area contributed by atoms with Crippen LogP contribution in [0.4, 0.5) is 0 Å². The minimum Gasteiger partial charge on any atom is -0.375 e. The number of aryl methyl sites for hydroxylation is 1. The second-order valence-corrected chi connectivity index (χ2v) is 5.67. The molecule has 4 nitrogen and oxygen atoms in total. The van der Waals surface area contributed by atoms with Crippen molar-refractivity contribution >= 4 is 0 Å². The lowest BCUT2D eigenvalue weighted by Crippen LogP contribution is -2.43. The Bertz CT molecular complexity index is 520. The predicted octanol–water partition coefficient (Wildman–Crippen LogP) is 2.51. The average molecular weight is 273 g/mol. The summed E-state index contributed by atoms with van der Waals surface area (Å²) in [6.07, 6.45) is 3.77. The van der Waals surface area contributed by atoms with Gasteiger partial charge < -0.3 is 14.6 Å². The van der Waals surface area contributed by atoms with E-state index in [1.807, 2.05) is 42.2 Å². The normalized spacial score (nSPS) is 11.8. The highest BCUT2D eigenvalue weighted by Gasteiger charge is 2.18. The summed E-state index contributed by atoms with van der Waals surface area (Å²) in [6, 6.07) is 10.2. The molecule has 2 aromatic rings. The minimum absolute atomic E-state index is 0.0826. The largest absolute Gasteiger partial charge is 0.375 e. The fraction of sp³-hybridized carbons (Fsp3) is 0.438. The van der Waals surface area contributed by atoms with Crippen molar-refractivity contribution < 1.29 is 4.74 Å². The molecule has 0 radical (unpaired) electrons. The molecule has 0 atom stereocenters. The maximum atomic E-state index is 5.79. The molecule has 108 valence electrons. The lowest BCUT2D eigenvalue weighted by molar-refractivity contribution is 0.0700. The van der Waals surface area contributed by atoms with Gasteiger partial charge in [0.05, 0.1) is 19.8 Å². The highest BCUT2D eigenvalue weighted by molar-refractivity contribution is 5.13. The van der Waals surface area contributed by atoms with Crippen LogP contribution >= 0.6 is 0 Å². The molecular weight excluding hydrogens is 250 g/mol. The van der Waals surface area contributed by atoms with Crippen molar-refractivity contribution in [1.82, 2.24) is 14.9 Å². The molecule has 20 heavy (non-hydrogen) atoms. The first-order valence-corrected chi connectivity index (χ1v) is 6.90. The van der Waals surface area contributed by atoms with Gasteiger partial charge in [0.1, 0.15) is 5.82 Å². The van der Waals surface area contributed by atoms with Crippen molar-refractivity contribution in [3.8, 4) is 0 Å². The Morgan fingerprint density at radius 1 is 1.25 bits per heavy atom. The van der Waals surface area contributed by atoms with Gasteiger partial charge in [0, 0.05) is 25.0 Å². The second kappa shape index (κ2) is 6.68. The summed E-state index contributed by atoms with van der Waals surface area (Å²) >= 11 is 0. The standard InChI is InChI=1S/C16H23N3O/c1-16(2,18-11-15-17-9-10-19(15)3)13-20-12-14-7-5-4-6-8-14/h4-10,18H,11-13H2,1-3H3. The number of aromatic nitrogens is 2. The Morgan fingerprint density at radius 2 is 2.00 bits per heavy atom. The van der Waals surface area contributed by atoms with Gasteiger partial charge in [-0.1, -0.05) is 30.3 Å². The quantitative estimate of drug-likeness (QED) is 0.842. The Balaban J connectivity index is 1.75. The van der Waals surface area contributed by atoms with E-state index in [1.165, 1.54) is 5.56 Å². The summed E-state index contributed by atoms with van der Waals surface area (Å²) in [6.45, 7) is 6.33. The summed E-state index contributed by atoms with van der Waals surface area (Å²) in [5.74, 6) is 1.03. The van der Waals surface area contributed by atoms with Crippen LogP contribution in [0.2, 0.25) is 0 Å². The molecule has 0 fully saturated rings. The van der Waals surface area contributed by atoms with Crippen LogP contribution in [0, 0.1) is 0 Å². The van der Waals surface area contributed by atoms with Crippen LogP contribution in [-0.4, -0.2) is 21.7 Å². The number of ether oxygens (including phenoxy) is 1. The number of benzene rings is 1. The first-order valence-electron chi connectivity index (χ1n) is 6.90. The molecule has 0 spiro atoms. The number of hydrogen-bond donors (Lipinski definition) is 1. The van der Waals surface area contributed by atoms with Crippen molar-refractivity contribution in [1.29, 1.82) is 0 Å². The third-order valence-corrected chi connectivity index (χ3v) is 3.22. The lowest BCUT2D eigenvalue weighted by Gasteiger charge is -2.26. The fourth-order valence-electron chi connectivity index (χ4n) is 1.93. The third-order valence-electron chi connectivity index (χ3n) is 3.22. The summed E-state index contributed by atoms with van der Waals surface area (Å²) in [4.78, 5) is 4.31. The maximum Gasteiger partial charge on any atom is 0.122 e. The molecular formula is C16H23N3O. The van der Waals surface area contributed by atoms with E-state index in [4.69, 9.17) is 4.74 Å². The van der Waals surface area contributed by atoms with Crippen LogP contribution in [0.25, 0.3) is 0 Å². The van der Waals surface area contributed by atoms with E-state index >= 15 is 0 Å². The van der Waals surface area contributed by atoms with Crippen molar-refractivity contribution in [3.05, 3.63) is 54.1 Å². The average Bonchev–Trinajstić information content (AvgIpc) is 2.83. The SMILES string of the molecule is Cn1ccnc1CNC(C)(C)COCc1ccccc1. The van der Waals surface area contributed by atoms with Gasteiger partial charge in [-0.3, -0.25) is 0 Å². The smallest absolute Gasteiger partial charge is 0.122 e. The van der Waals surface area contributed by atoms with Gasteiger partial charge in [-0.2, -0.15) is 0 Å². The van der Waals surface area contributed by atoms with E-state index in [1.54, 1.807) is 0 Å².